The van der Waals surface area contributed by atoms with Crippen molar-refractivity contribution < 1.29 is 19.1 Å². The Bertz CT molecular complexity index is 912. The van der Waals surface area contributed by atoms with Crippen LogP contribution in [-0.4, -0.2) is 36.1 Å². The van der Waals surface area contributed by atoms with Gasteiger partial charge in [0, 0.05) is 12.3 Å². The van der Waals surface area contributed by atoms with Crippen molar-refractivity contribution in [2.24, 2.45) is 10.2 Å². The fourth-order valence-electron chi connectivity index (χ4n) is 2.93. The minimum absolute atomic E-state index is 0.194. The SMILES string of the molecule is CCOC(=O)C(CCCCNC(=O)OC(C)(C)C)SCc1ccc(N=Nc2ccccc2)cc1. The second-order valence-corrected chi connectivity index (χ2v) is 9.87. The van der Waals surface area contributed by atoms with Gasteiger partial charge in [-0.3, -0.25) is 4.79 Å². The molecule has 0 saturated heterocycles. The summed E-state index contributed by atoms with van der Waals surface area (Å²) in [4.78, 5) is 24.1. The largest absolute Gasteiger partial charge is 0.465 e. The zero-order valence-electron chi connectivity index (χ0n) is 20.5. The molecule has 0 fully saturated rings. The first-order chi connectivity index (χ1) is 16.3. The van der Waals surface area contributed by atoms with Crippen LogP contribution in [0.1, 0.15) is 52.5 Å². The van der Waals surface area contributed by atoms with Gasteiger partial charge in [0.25, 0.3) is 0 Å². The number of hydrogen-bond donors (Lipinski definition) is 1. The molecule has 1 unspecified atom stereocenters. The molecule has 0 aromatic heterocycles. The molecule has 0 bridgehead atoms. The van der Waals surface area contributed by atoms with E-state index in [4.69, 9.17) is 9.47 Å². The van der Waals surface area contributed by atoms with Crippen LogP contribution in [0.2, 0.25) is 0 Å². The number of thioether (sulfide) groups is 1. The van der Waals surface area contributed by atoms with Gasteiger partial charge in [0.1, 0.15) is 10.9 Å². The van der Waals surface area contributed by atoms with E-state index < -0.39 is 11.7 Å². The Labute approximate surface area is 206 Å². The molecule has 7 nitrogen and oxygen atoms in total. The number of benzene rings is 2. The lowest BCUT2D eigenvalue weighted by molar-refractivity contribution is -0.142. The van der Waals surface area contributed by atoms with Crippen molar-refractivity contribution in [3.8, 4) is 0 Å². The highest BCUT2D eigenvalue weighted by Crippen LogP contribution is 2.25. The molecule has 1 N–H and O–H groups in total. The number of esters is 1. The average Bonchev–Trinajstić information content (AvgIpc) is 2.80. The van der Waals surface area contributed by atoms with Crippen molar-refractivity contribution in [1.29, 1.82) is 0 Å². The summed E-state index contributed by atoms with van der Waals surface area (Å²) < 4.78 is 10.5. The van der Waals surface area contributed by atoms with Gasteiger partial charge in [0.15, 0.2) is 0 Å². The van der Waals surface area contributed by atoms with Crippen LogP contribution in [0.4, 0.5) is 16.2 Å². The molecule has 0 aliphatic carbocycles. The number of amides is 1. The number of alkyl carbamates (subject to hydrolysis) is 1. The van der Waals surface area contributed by atoms with Gasteiger partial charge in [0.2, 0.25) is 0 Å². The van der Waals surface area contributed by atoms with Crippen LogP contribution in [-0.2, 0) is 20.0 Å². The first-order valence-corrected chi connectivity index (χ1v) is 12.6. The third-order valence-corrected chi connectivity index (χ3v) is 5.87. The molecule has 0 radical (unpaired) electrons. The molecular formula is C26H35N3O4S. The molecule has 0 saturated carbocycles. The maximum absolute atomic E-state index is 12.4. The maximum atomic E-state index is 12.4. The van der Waals surface area contributed by atoms with Gasteiger partial charge >= 0.3 is 12.1 Å². The van der Waals surface area contributed by atoms with Gasteiger partial charge in [-0.15, -0.1) is 11.8 Å². The summed E-state index contributed by atoms with van der Waals surface area (Å²) in [6.07, 6.45) is 1.82. The number of rotatable bonds is 12. The van der Waals surface area contributed by atoms with Crippen molar-refractivity contribution in [3.05, 3.63) is 60.2 Å². The Morgan fingerprint density at radius 2 is 1.62 bits per heavy atom. The quantitative estimate of drug-likeness (QED) is 0.199. The molecule has 8 heteroatoms. The van der Waals surface area contributed by atoms with Gasteiger partial charge < -0.3 is 14.8 Å². The molecule has 0 spiro atoms. The van der Waals surface area contributed by atoms with E-state index in [-0.39, 0.29) is 11.2 Å². The zero-order valence-corrected chi connectivity index (χ0v) is 21.3. The standard InChI is InChI=1S/C26H35N3O4S/c1-5-32-24(30)23(13-9-10-18-27-25(31)33-26(2,3)4)34-19-20-14-16-22(17-15-20)29-28-21-11-7-6-8-12-21/h6-8,11-12,14-17,23H,5,9-10,13,18-19H2,1-4H3,(H,27,31). The highest BCUT2D eigenvalue weighted by Gasteiger charge is 2.20. The van der Waals surface area contributed by atoms with Gasteiger partial charge in [-0.1, -0.05) is 36.8 Å². The van der Waals surface area contributed by atoms with E-state index in [1.807, 2.05) is 82.3 Å². The lowest BCUT2D eigenvalue weighted by atomic mass is 10.2. The summed E-state index contributed by atoms with van der Waals surface area (Å²) >= 11 is 1.57. The highest BCUT2D eigenvalue weighted by atomic mass is 32.2. The molecule has 2 aromatic rings. The van der Waals surface area contributed by atoms with Crippen molar-refractivity contribution >= 4 is 35.2 Å². The number of ether oxygens (including phenoxy) is 2. The Morgan fingerprint density at radius 1 is 0.971 bits per heavy atom. The molecule has 1 atom stereocenters. The van der Waals surface area contributed by atoms with E-state index in [0.29, 0.717) is 25.3 Å². The van der Waals surface area contributed by atoms with E-state index in [1.165, 1.54) is 0 Å². The number of hydrogen-bond acceptors (Lipinski definition) is 7. The van der Waals surface area contributed by atoms with E-state index in [9.17, 15) is 9.59 Å². The van der Waals surface area contributed by atoms with Gasteiger partial charge in [-0.25, -0.2) is 4.79 Å². The van der Waals surface area contributed by atoms with Crippen LogP contribution in [0.5, 0.6) is 0 Å². The predicted octanol–water partition coefficient (Wildman–Crippen LogP) is 6.96. The van der Waals surface area contributed by atoms with Crippen molar-refractivity contribution in [2.75, 3.05) is 13.2 Å². The molecule has 2 aromatic carbocycles. The van der Waals surface area contributed by atoms with E-state index >= 15 is 0 Å². The summed E-state index contributed by atoms with van der Waals surface area (Å²) in [6, 6.07) is 17.4. The summed E-state index contributed by atoms with van der Waals surface area (Å²) in [5.74, 6) is 0.497. The first-order valence-electron chi connectivity index (χ1n) is 11.6. The number of nitrogens with zero attached hydrogens (tertiary/aromatic N) is 2. The Hall–Kier alpha value is -2.87. The van der Waals surface area contributed by atoms with Crippen molar-refractivity contribution in [2.45, 2.75) is 63.6 Å². The highest BCUT2D eigenvalue weighted by molar-refractivity contribution is 7.99. The van der Waals surface area contributed by atoms with Crippen LogP contribution in [0.25, 0.3) is 0 Å². The molecule has 34 heavy (non-hydrogen) atoms. The summed E-state index contributed by atoms with van der Waals surface area (Å²) in [6.45, 7) is 8.17. The number of azo groups is 1. The van der Waals surface area contributed by atoms with Crippen LogP contribution in [0.3, 0.4) is 0 Å². The molecule has 184 valence electrons. The fraction of sp³-hybridized carbons (Fsp3) is 0.462. The summed E-state index contributed by atoms with van der Waals surface area (Å²) in [7, 11) is 0. The zero-order chi connectivity index (χ0) is 24.8. The molecule has 2 rings (SSSR count). The Balaban J connectivity index is 1.79. The van der Waals surface area contributed by atoms with E-state index in [1.54, 1.807) is 11.8 Å². The number of carbonyl (C=O) groups is 2. The molecule has 0 aliphatic heterocycles. The van der Waals surface area contributed by atoms with Crippen LogP contribution in [0.15, 0.2) is 64.8 Å². The Morgan fingerprint density at radius 3 is 2.24 bits per heavy atom. The van der Waals surface area contributed by atoms with Crippen LogP contribution >= 0.6 is 11.8 Å². The minimum atomic E-state index is -0.515. The third-order valence-electron chi connectivity index (χ3n) is 4.54. The first kappa shape index (κ1) is 27.4. The average molecular weight is 486 g/mol. The second kappa shape index (κ2) is 14.4. The summed E-state index contributed by atoms with van der Waals surface area (Å²) in [5.41, 5.74) is 2.17. The normalized spacial score (nSPS) is 12.4. The molecular weight excluding hydrogens is 450 g/mol. The fourth-order valence-corrected chi connectivity index (χ4v) is 4.05. The van der Waals surface area contributed by atoms with Gasteiger partial charge in [-0.2, -0.15) is 10.2 Å². The Kier molecular flexibility index (Phi) is 11.6. The maximum Gasteiger partial charge on any atom is 0.407 e. The molecule has 0 heterocycles. The molecule has 0 aliphatic rings. The lowest BCUT2D eigenvalue weighted by Gasteiger charge is -2.19. The van der Waals surface area contributed by atoms with Crippen LogP contribution < -0.4 is 5.32 Å². The third kappa shape index (κ3) is 11.3. The minimum Gasteiger partial charge on any atom is -0.465 e. The molecule has 1 amide bonds. The van der Waals surface area contributed by atoms with Crippen molar-refractivity contribution in [1.82, 2.24) is 5.32 Å². The van der Waals surface area contributed by atoms with E-state index in [0.717, 1.165) is 29.8 Å². The van der Waals surface area contributed by atoms with Crippen molar-refractivity contribution in [3.63, 3.8) is 0 Å². The van der Waals surface area contributed by atoms with Gasteiger partial charge in [0.05, 0.1) is 18.0 Å². The predicted molar refractivity (Wildman–Crippen MR) is 137 cm³/mol. The van der Waals surface area contributed by atoms with Crippen LogP contribution in [0, 0.1) is 0 Å². The lowest BCUT2D eigenvalue weighted by Crippen LogP contribution is -2.33. The summed E-state index contributed by atoms with van der Waals surface area (Å²) in [5, 5.41) is 11.0. The van der Waals surface area contributed by atoms with Gasteiger partial charge in [-0.05, 0) is 70.4 Å². The number of carbonyl (C=O) groups excluding carboxylic acids is 2. The smallest absolute Gasteiger partial charge is 0.407 e. The number of unbranched alkanes of at least 4 members (excludes halogenated alkanes) is 1. The number of nitrogens with one attached hydrogen (secondary N) is 1. The second-order valence-electron chi connectivity index (χ2n) is 8.68. The monoisotopic (exact) mass is 485 g/mol. The van der Waals surface area contributed by atoms with E-state index in [2.05, 4.69) is 15.5 Å². The topological polar surface area (TPSA) is 89.3 Å².